The van der Waals surface area contributed by atoms with Gasteiger partial charge in [-0.15, -0.1) is 0 Å². The smallest absolute Gasteiger partial charge is 0.271 e. The molecule has 0 aliphatic rings. The van der Waals surface area contributed by atoms with Gasteiger partial charge in [0.15, 0.2) is 0 Å². The zero-order valence-electron chi connectivity index (χ0n) is 16.7. The highest BCUT2D eigenvalue weighted by Crippen LogP contribution is 2.28. The molecule has 0 saturated carbocycles. The Labute approximate surface area is 203 Å². The summed E-state index contributed by atoms with van der Waals surface area (Å²) in [5.41, 5.74) is 0.809. The number of nitro groups is 1. The molecule has 0 unspecified atom stereocenters. The van der Waals surface area contributed by atoms with Crippen molar-refractivity contribution in [2.24, 2.45) is 0 Å². The number of carbonyl (C=O) groups is 1. The second kappa shape index (κ2) is 10.8. The minimum absolute atomic E-state index is 0.111. The zero-order chi connectivity index (χ0) is 24.0. The Bertz CT molecular complexity index is 1300. The molecule has 1 amide bonds. The summed E-state index contributed by atoms with van der Waals surface area (Å²) in [5, 5.41) is 24.2. The fourth-order valence-corrected chi connectivity index (χ4v) is 3.40. The minimum atomic E-state index is -0.746. The van der Waals surface area contributed by atoms with E-state index in [1.807, 2.05) is 6.07 Å². The van der Waals surface area contributed by atoms with Crippen molar-refractivity contribution in [2.45, 2.75) is 6.61 Å². The number of hydrogen-bond donors (Lipinski definition) is 1. The summed E-state index contributed by atoms with van der Waals surface area (Å²) in [7, 11) is 0. The highest BCUT2D eigenvalue weighted by Gasteiger charge is 2.14. The summed E-state index contributed by atoms with van der Waals surface area (Å²) in [5.74, 6) is -0.383. The lowest BCUT2D eigenvalue weighted by Crippen LogP contribution is -2.13. The number of rotatable bonds is 7. The maximum atomic E-state index is 12.6. The number of nitriles is 1. The van der Waals surface area contributed by atoms with Gasteiger partial charge in [0.25, 0.3) is 11.6 Å². The molecule has 0 radical (unpaired) electrons. The van der Waals surface area contributed by atoms with E-state index in [9.17, 15) is 20.2 Å². The number of non-ortho nitro benzene ring substituents is 1. The highest BCUT2D eigenvalue weighted by molar-refractivity contribution is 6.35. The zero-order valence-corrected chi connectivity index (χ0v) is 19.0. The van der Waals surface area contributed by atoms with E-state index in [0.717, 1.165) is 0 Å². The molecular weight excluding hydrogens is 489 g/mol. The molecule has 0 bridgehead atoms. The van der Waals surface area contributed by atoms with Crippen LogP contribution in [0, 0.1) is 21.4 Å². The van der Waals surface area contributed by atoms with Crippen LogP contribution in [0.2, 0.25) is 15.1 Å². The Balaban J connectivity index is 1.84. The molecule has 33 heavy (non-hydrogen) atoms. The van der Waals surface area contributed by atoms with Crippen LogP contribution in [0.15, 0.2) is 66.2 Å². The van der Waals surface area contributed by atoms with Crippen LogP contribution in [0.3, 0.4) is 0 Å². The van der Waals surface area contributed by atoms with Gasteiger partial charge < -0.3 is 10.1 Å². The van der Waals surface area contributed by atoms with E-state index >= 15 is 0 Å². The molecule has 0 heterocycles. The van der Waals surface area contributed by atoms with Gasteiger partial charge in [0.1, 0.15) is 24.0 Å². The number of halogens is 3. The van der Waals surface area contributed by atoms with Gasteiger partial charge in [0, 0.05) is 44.0 Å². The van der Waals surface area contributed by atoms with Crippen molar-refractivity contribution in [2.75, 3.05) is 5.32 Å². The molecule has 0 aliphatic heterocycles. The third-order valence-electron chi connectivity index (χ3n) is 4.35. The largest absolute Gasteiger partial charge is 0.488 e. The summed E-state index contributed by atoms with van der Waals surface area (Å²) in [6.45, 7) is 0.111. The van der Waals surface area contributed by atoms with E-state index in [1.54, 1.807) is 36.4 Å². The molecule has 7 nitrogen and oxygen atoms in total. The summed E-state index contributed by atoms with van der Waals surface area (Å²) >= 11 is 18.2. The molecule has 0 fully saturated rings. The summed E-state index contributed by atoms with van der Waals surface area (Å²) in [6.07, 6.45) is 1.32. The first-order chi connectivity index (χ1) is 15.8. The number of hydrogen-bond acceptors (Lipinski definition) is 5. The third kappa shape index (κ3) is 6.46. The van der Waals surface area contributed by atoms with Crippen LogP contribution in [-0.2, 0) is 11.4 Å². The van der Waals surface area contributed by atoms with Crippen LogP contribution in [0.1, 0.15) is 11.1 Å². The topological polar surface area (TPSA) is 105 Å². The molecule has 0 atom stereocenters. The number of nitrogens with one attached hydrogen (secondary N) is 1. The summed E-state index contributed by atoms with van der Waals surface area (Å²) < 4.78 is 5.84. The molecule has 0 spiro atoms. The molecule has 0 aromatic heterocycles. The molecule has 3 rings (SSSR count). The number of carbonyl (C=O) groups excluding carboxylic acids is 1. The minimum Gasteiger partial charge on any atom is -0.488 e. The van der Waals surface area contributed by atoms with Gasteiger partial charge in [0.05, 0.1) is 4.92 Å². The number of nitrogens with zero attached hydrogens (tertiary/aromatic N) is 2. The van der Waals surface area contributed by atoms with Crippen molar-refractivity contribution >= 4 is 58.2 Å². The predicted molar refractivity (Wildman–Crippen MR) is 128 cm³/mol. The van der Waals surface area contributed by atoms with Crippen LogP contribution >= 0.6 is 34.8 Å². The SMILES string of the molecule is N#C/C(=C\c1cc(Cl)ccc1OCc1ccc(Cl)cc1Cl)C(=O)Nc1cccc([N+](=O)[O-])c1. The lowest BCUT2D eigenvalue weighted by molar-refractivity contribution is -0.384. The summed E-state index contributed by atoms with van der Waals surface area (Å²) in [6, 6.07) is 17.0. The molecule has 0 saturated heterocycles. The number of benzene rings is 3. The monoisotopic (exact) mass is 501 g/mol. The second-order valence-electron chi connectivity index (χ2n) is 6.64. The molecule has 166 valence electrons. The lowest BCUT2D eigenvalue weighted by Gasteiger charge is -2.12. The van der Waals surface area contributed by atoms with E-state index in [4.69, 9.17) is 39.5 Å². The van der Waals surface area contributed by atoms with Crippen LogP contribution in [0.25, 0.3) is 6.08 Å². The lowest BCUT2D eigenvalue weighted by atomic mass is 10.1. The van der Waals surface area contributed by atoms with Gasteiger partial charge >= 0.3 is 0 Å². The Kier molecular flexibility index (Phi) is 7.91. The third-order valence-corrected chi connectivity index (χ3v) is 5.17. The van der Waals surface area contributed by atoms with Gasteiger partial charge in [-0.2, -0.15) is 5.26 Å². The van der Waals surface area contributed by atoms with Gasteiger partial charge in [-0.25, -0.2) is 0 Å². The normalized spacial score (nSPS) is 10.9. The van der Waals surface area contributed by atoms with E-state index in [2.05, 4.69) is 5.32 Å². The van der Waals surface area contributed by atoms with Gasteiger partial charge in [-0.1, -0.05) is 46.9 Å². The fourth-order valence-electron chi connectivity index (χ4n) is 2.76. The van der Waals surface area contributed by atoms with E-state index in [1.165, 1.54) is 30.3 Å². The Morgan fingerprint density at radius 1 is 1.09 bits per heavy atom. The second-order valence-corrected chi connectivity index (χ2v) is 7.92. The summed E-state index contributed by atoms with van der Waals surface area (Å²) in [4.78, 5) is 23.0. The van der Waals surface area contributed by atoms with Crippen molar-refractivity contribution in [1.29, 1.82) is 5.26 Å². The average Bonchev–Trinajstić information content (AvgIpc) is 2.78. The number of anilines is 1. The Morgan fingerprint density at radius 2 is 1.82 bits per heavy atom. The first kappa shape index (κ1) is 24.1. The average molecular weight is 503 g/mol. The predicted octanol–water partition coefficient (Wildman–Crippen LogP) is 6.68. The first-order valence-corrected chi connectivity index (χ1v) is 10.4. The van der Waals surface area contributed by atoms with Crippen molar-refractivity contribution in [1.82, 2.24) is 0 Å². The van der Waals surface area contributed by atoms with Crippen molar-refractivity contribution in [3.05, 3.63) is 103 Å². The van der Waals surface area contributed by atoms with E-state index in [0.29, 0.717) is 31.9 Å². The Morgan fingerprint density at radius 3 is 2.52 bits per heavy atom. The maximum absolute atomic E-state index is 12.6. The van der Waals surface area contributed by atoms with E-state index < -0.39 is 10.8 Å². The molecular formula is C23H14Cl3N3O4. The van der Waals surface area contributed by atoms with Gasteiger partial charge in [0.2, 0.25) is 0 Å². The van der Waals surface area contributed by atoms with Crippen molar-refractivity contribution in [3.8, 4) is 11.8 Å². The molecule has 0 aliphatic carbocycles. The van der Waals surface area contributed by atoms with Crippen LogP contribution in [0.4, 0.5) is 11.4 Å². The van der Waals surface area contributed by atoms with Crippen LogP contribution in [0.5, 0.6) is 5.75 Å². The molecule has 1 N–H and O–H groups in total. The van der Waals surface area contributed by atoms with Gasteiger partial charge in [-0.05, 0) is 42.5 Å². The Hall–Kier alpha value is -3.57. The van der Waals surface area contributed by atoms with Crippen molar-refractivity contribution < 1.29 is 14.5 Å². The quantitative estimate of drug-likeness (QED) is 0.168. The molecule has 3 aromatic rings. The van der Waals surface area contributed by atoms with Gasteiger partial charge in [-0.3, -0.25) is 14.9 Å². The van der Waals surface area contributed by atoms with E-state index in [-0.39, 0.29) is 23.6 Å². The molecule has 3 aromatic carbocycles. The first-order valence-electron chi connectivity index (χ1n) is 9.30. The van der Waals surface area contributed by atoms with Crippen LogP contribution in [-0.4, -0.2) is 10.8 Å². The standard InChI is InChI=1S/C23H14Cl3N3O4/c24-17-6-7-22(33-13-14-4-5-18(25)10-21(14)26)15(9-17)8-16(12-27)23(30)28-19-2-1-3-20(11-19)29(31)32/h1-11H,13H2,(H,28,30)/b16-8+. The molecule has 10 heteroatoms. The number of amides is 1. The van der Waals surface area contributed by atoms with Crippen molar-refractivity contribution in [3.63, 3.8) is 0 Å². The fraction of sp³-hybridized carbons (Fsp3) is 0.0435. The van der Waals surface area contributed by atoms with Crippen LogP contribution < -0.4 is 10.1 Å². The highest BCUT2D eigenvalue weighted by atomic mass is 35.5. The maximum Gasteiger partial charge on any atom is 0.271 e. The number of nitro benzene ring substituents is 1. The number of ether oxygens (including phenoxy) is 1.